The fourth-order valence-corrected chi connectivity index (χ4v) is 1.44. The first kappa shape index (κ1) is 12.8. The van der Waals surface area contributed by atoms with Crippen LogP contribution in [0.15, 0.2) is 30.3 Å². The van der Waals surface area contributed by atoms with E-state index in [0.717, 1.165) is 0 Å². The second-order valence-corrected chi connectivity index (χ2v) is 3.51. The molecule has 0 bridgehead atoms. The molecule has 0 aliphatic carbocycles. The maximum absolute atomic E-state index is 12.3. The molecule has 0 atom stereocenters. The van der Waals surface area contributed by atoms with Gasteiger partial charge in [-0.05, 0) is 25.1 Å². The average molecular weight is 232 g/mol. The Bertz CT molecular complexity index is 298. The van der Waals surface area contributed by atoms with E-state index in [1.807, 2.05) is 0 Å². The maximum atomic E-state index is 12.3. The summed E-state index contributed by atoms with van der Waals surface area (Å²) >= 11 is 0. The minimum Gasteiger partial charge on any atom is -0.363 e. The molecular weight excluding hydrogens is 217 g/mol. The summed E-state index contributed by atoms with van der Waals surface area (Å²) in [4.78, 5) is 1.30. The summed E-state index contributed by atoms with van der Waals surface area (Å²) in [6, 6.07) is 8.56. The summed E-state index contributed by atoms with van der Waals surface area (Å²) in [6.45, 7) is -0.224. The molecule has 0 radical (unpaired) electrons. The van der Waals surface area contributed by atoms with Gasteiger partial charge in [0.1, 0.15) is 6.54 Å². The SMILES string of the molecule is NCCCN(CC(F)(F)F)c1ccccc1. The highest BCUT2D eigenvalue weighted by molar-refractivity contribution is 5.46. The predicted octanol–water partition coefficient (Wildman–Crippen LogP) is 2.40. The summed E-state index contributed by atoms with van der Waals surface area (Å²) in [7, 11) is 0. The van der Waals surface area contributed by atoms with Crippen molar-refractivity contribution in [1.82, 2.24) is 0 Å². The van der Waals surface area contributed by atoms with E-state index in [-0.39, 0.29) is 0 Å². The van der Waals surface area contributed by atoms with Crippen LogP contribution in [0.1, 0.15) is 6.42 Å². The van der Waals surface area contributed by atoms with Gasteiger partial charge in [0, 0.05) is 12.2 Å². The number of hydrogen-bond acceptors (Lipinski definition) is 2. The van der Waals surface area contributed by atoms with Gasteiger partial charge < -0.3 is 10.6 Å². The van der Waals surface area contributed by atoms with Crippen LogP contribution in [0, 0.1) is 0 Å². The first-order valence-corrected chi connectivity index (χ1v) is 5.10. The van der Waals surface area contributed by atoms with E-state index in [9.17, 15) is 13.2 Å². The fraction of sp³-hybridized carbons (Fsp3) is 0.455. The van der Waals surface area contributed by atoms with E-state index in [2.05, 4.69) is 0 Å². The zero-order valence-electron chi connectivity index (χ0n) is 8.87. The Morgan fingerprint density at radius 1 is 1.12 bits per heavy atom. The van der Waals surface area contributed by atoms with Crippen LogP contribution >= 0.6 is 0 Å². The van der Waals surface area contributed by atoms with Crippen molar-refractivity contribution < 1.29 is 13.2 Å². The van der Waals surface area contributed by atoms with Gasteiger partial charge in [-0.3, -0.25) is 0 Å². The van der Waals surface area contributed by atoms with Gasteiger partial charge in [0.25, 0.3) is 0 Å². The first-order chi connectivity index (χ1) is 7.53. The van der Waals surface area contributed by atoms with Crippen molar-refractivity contribution in [2.24, 2.45) is 5.73 Å². The van der Waals surface area contributed by atoms with Crippen LogP contribution in [0.3, 0.4) is 0 Å². The number of hydrogen-bond donors (Lipinski definition) is 1. The van der Waals surface area contributed by atoms with Crippen molar-refractivity contribution >= 4 is 5.69 Å². The molecule has 16 heavy (non-hydrogen) atoms. The molecule has 0 heterocycles. The largest absolute Gasteiger partial charge is 0.405 e. The lowest BCUT2D eigenvalue weighted by Gasteiger charge is -2.25. The van der Waals surface area contributed by atoms with Crippen LogP contribution in [0.4, 0.5) is 18.9 Å². The Hall–Kier alpha value is -1.23. The smallest absolute Gasteiger partial charge is 0.363 e. The van der Waals surface area contributed by atoms with Gasteiger partial charge in [-0.2, -0.15) is 13.2 Å². The molecule has 2 nitrogen and oxygen atoms in total. The Kier molecular flexibility index (Phi) is 4.61. The van der Waals surface area contributed by atoms with Crippen molar-refractivity contribution in [1.29, 1.82) is 0 Å². The number of benzene rings is 1. The monoisotopic (exact) mass is 232 g/mol. The quantitative estimate of drug-likeness (QED) is 0.844. The molecule has 1 rings (SSSR count). The van der Waals surface area contributed by atoms with Crippen LogP contribution in [-0.2, 0) is 0 Å². The lowest BCUT2D eigenvalue weighted by molar-refractivity contribution is -0.119. The standard InChI is InChI=1S/C11H15F3N2/c12-11(13,14)9-16(8-4-7-15)10-5-2-1-3-6-10/h1-3,5-6H,4,7-9,15H2. The normalized spacial score (nSPS) is 11.5. The van der Waals surface area contributed by atoms with Gasteiger partial charge in [0.15, 0.2) is 0 Å². The molecule has 2 N–H and O–H groups in total. The van der Waals surface area contributed by atoms with Gasteiger partial charge in [0.05, 0.1) is 0 Å². The van der Waals surface area contributed by atoms with Crippen molar-refractivity contribution in [3.8, 4) is 0 Å². The Morgan fingerprint density at radius 2 is 1.75 bits per heavy atom. The second kappa shape index (κ2) is 5.75. The summed E-state index contributed by atoms with van der Waals surface area (Å²) in [5, 5.41) is 0. The van der Waals surface area contributed by atoms with Crippen molar-refractivity contribution in [2.45, 2.75) is 12.6 Å². The highest BCUT2D eigenvalue weighted by Crippen LogP contribution is 2.21. The summed E-state index contributed by atoms with van der Waals surface area (Å²) in [5.74, 6) is 0. The number of alkyl halides is 3. The van der Waals surface area contributed by atoms with E-state index in [1.165, 1.54) is 4.90 Å². The molecule has 0 saturated heterocycles. The Balaban J connectivity index is 2.71. The molecule has 0 aliphatic rings. The summed E-state index contributed by atoms with van der Waals surface area (Å²) < 4.78 is 37.0. The Morgan fingerprint density at radius 3 is 2.25 bits per heavy atom. The van der Waals surface area contributed by atoms with Gasteiger partial charge in [-0.15, -0.1) is 0 Å². The minimum absolute atomic E-state index is 0.319. The fourth-order valence-electron chi connectivity index (χ4n) is 1.44. The van der Waals surface area contributed by atoms with Gasteiger partial charge >= 0.3 is 6.18 Å². The second-order valence-electron chi connectivity index (χ2n) is 3.51. The van der Waals surface area contributed by atoms with E-state index in [4.69, 9.17) is 5.73 Å². The number of nitrogens with zero attached hydrogens (tertiary/aromatic N) is 1. The lowest BCUT2D eigenvalue weighted by Crippen LogP contribution is -2.35. The summed E-state index contributed by atoms with van der Waals surface area (Å²) in [6.07, 6.45) is -3.64. The molecule has 0 amide bonds. The lowest BCUT2D eigenvalue weighted by atomic mass is 10.2. The van der Waals surface area contributed by atoms with E-state index < -0.39 is 12.7 Å². The maximum Gasteiger partial charge on any atom is 0.405 e. The van der Waals surface area contributed by atoms with Crippen LogP contribution < -0.4 is 10.6 Å². The van der Waals surface area contributed by atoms with Crippen molar-refractivity contribution in [3.63, 3.8) is 0 Å². The van der Waals surface area contributed by atoms with Gasteiger partial charge in [-0.1, -0.05) is 18.2 Å². The molecule has 1 aromatic rings. The summed E-state index contributed by atoms with van der Waals surface area (Å²) in [5.41, 5.74) is 5.89. The highest BCUT2D eigenvalue weighted by atomic mass is 19.4. The van der Waals surface area contributed by atoms with Crippen LogP contribution in [0.25, 0.3) is 0 Å². The van der Waals surface area contributed by atoms with Gasteiger partial charge in [-0.25, -0.2) is 0 Å². The molecule has 0 aliphatic heterocycles. The molecule has 0 spiro atoms. The van der Waals surface area contributed by atoms with Gasteiger partial charge in [0.2, 0.25) is 0 Å². The zero-order chi connectivity index (χ0) is 12.0. The Labute approximate surface area is 92.9 Å². The molecule has 5 heteroatoms. The predicted molar refractivity (Wildman–Crippen MR) is 58.4 cm³/mol. The molecule has 0 aromatic heterocycles. The zero-order valence-corrected chi connectivity index (χ0v) is 8.87. The van der Waals surface area contributed by atoms with E-state index in [0.29, 0.717) is 25.2 Å². The third-order valence-corrected chi connectivity index (χ3v) is 2.12. The number of rotatable bonds is 5. The minimum atomic E-state index is -4.19. The number of nitrogens with two attached hydrogens (primary N) is 1. The number of halogens is 3. The molecule has 0 saturated carbocycles. The molecule has 1 aromatic carbocycles. The number of anilines is 1. The third-order valence-electron chi connectivity index (χ3n) is 2.12. The average Bonchev–Trinajstić information content (AvgIpc) is 2.24. The van der Waals surface area contributed by atoms with Crippen molar-refractivity contribution in [2.75, 3.05) is 24.5 Å². The number of para-hydroxylation sites is 1. The van der Waals surface area contributed by atoms with Crippen LogP contribution in [0.5, 0.6) is 0 Å². The topological polar surface area (TPSA) is 29.3 Å². The van der Waals surface area contributed by atoms with Crippen molar-refractivity contribution in [3.05, 3.63) is 30.3 Å². The highest BCUT2D eigenvalue weighted by Gasteiger charge is 2.30. The molecule has 0 fully saturated rings. The van der Waals surface area contributed by atoms with Crippen LogP contribution in [0.2, 0.25) is 0 Å². The third kappa shape index (κ3) is 4.53. The van der Waals surface area contributed by atoms with Crippen LogP contribution in [-0.4, -0.2) is 25.8 Å². The molecular formula is C11H15F3N2. The van der Waals surface area contributed by atoms with E-state index in [1.54, 1.807) is 30.3 Å². The first-order valence-electron chi connectivity index (χ1n) is 5.10. The van der Waals surface area contributed by atoms with E-state index >= 15 is 0 Å². The molecule has 90 valence electrons. The molecule has 0 unspecified atom stereocenters.